The van der Waals surface area contributed by atoms with E-state index in [-0.39, 0.29) is 12.5 Å². The summed E-state index contributed by atoms with van der Waals surface area (Å²) in [5.74, 6) is -0.271. The molecule has 0 aromatic heterocycles. The van der Waals surface area contributed by atoms with Gasteiger partial charge in [0.2, 0.25) is 11.9 Å². The zero-order valence-electron chi connectivity index (χ0n) is 10.2. The van der Waals surface area contributed by atoms with Crippen LogP contribution in [0.3, 0.4) is 0 Å². The number of nitrogens with one attached hydrogen (secondary N) is 1. The molecule has 0 saturated carbocycles. The molecule has 0 rings (SSSR count). The van der Waals surface area contributed by atoms with E-state index >= 15 is 0 Å². The highest BCUT2D eigenvalue weighted by Crippen LogP contribution is 2.12. The summed E-state index contributed by atoms with van der Waals surface area (Å²) in [6.45, 7) is 4.61. The van der Waals surface area contributed by atoms with E-state index in [2.05, 4.69) is 10.5 Å². The van der Waals surface area contributed by atoms with Crippen molar-refractivity contribution in [3.8, 4) is 0 Å². The highest BCUT2D eigenvalue weighted by atomic mass is 16.6. The van der Waals surface area contributed by atoms with Gasteiger partial charge in [-0.05, 0) is 12.5 Å². The Kier molecular flexibility index (Phi) is 6.69. The number of nitrogens with zero attached hydrogens (tertiary/aromatic N) is 2. The number of hydrogen-bond acceptors (Lipinski definition) is 5. The quantitative estimate of drug-likeness (QED) is 0.314. The van der Waals surface area contributed by atoms with Gasteiger partial charge in [0.05, 0.1) is 0 Å². The van der Waals surface area contributed by atoms with Gasteiger partial charge in [-0.15, -0.1) is 0 Å². The SMILES string of the molecule is CCC(=CC(CNC(C)=O)N=O)C(C)[N+](=O)[O-]. The molecule has 0 aliphatic rings. The van der Waals surface area contributed by atoms with Crippen LogP contribution in [-0.2, 0) is 4.79 Å². The minimum absolute atomic E-state index is 0.0623. The molecule has 7 heteroatoms. The summed E-state index contributed by atoms with van der Waals surface area (Å²) >= 11 is 0. The van der Waals surface area contributed by atoms with E-state index in [1.54, 1.807) is 6.92 Å². The number of carbonyl (C=O) groups excluding carboxylic acids is 1. The van der Waals surface area contributed by atoms with Gasteiger partial charge >= 0.3 is 0 Å². The molecular weight excluding hydrogens is 226 g/mol. The van der Waals surface area contributed by atoms with Gasteiger partial charge in [0.25, 0.3) is 0 Å². The molecule has 0 bridgehead atoms. The summed E-state index contributed by atoms with van der Waals surface area (Å²) in [4.78, 5) is 31.4. The number of amides is 1. The lowest BCUT2D eigenvalue weighted by Gasteiger charge is -2.10. The Morgan fingerprint density at radius 1 is 1.59 bits per heavy atom. The Labute approximate surface area is 99.4 Å². The van der Waals surface area contributed by atoms with Gasteiger partial charge < -0.3 is 5.32 Å². The smallest absolute Gasteiger partial charge is 0.231 e. The maximum absolute atomic E-state index is 10.7. The number of carbonyl (C=O) groups is 1. The van der Waals surface area contributed by atoms with E-state index in [1.165, 1.54) is 19.9 Å². The third-order valence-corrected chi connectivity index (χ3v) is 2.36. The van der Waals surface area contributed by atoms with Crippen molar-refractivity contribution >= 4 is 5.91 Å². The van der Waals surface area contributed by atoms with Crippen LogP contribution in [-0.4, -0.2) is 29.5 Å². The maximum atomic E-state index is 10.7. The molecule has 2 unspecified atom stereocenters. The largest absolute Gasteiger partial charge is 0.354 e. The lowest BCUT2D eigenvalue weighted by atomic mass is 10.0. The molecule has 0 aromatic rings. The number of hydrogen-bond donors (Lipinski definition) is 1. The summed E-state index contributed by atoms with van der Waals surface area (Å²) in [5, 5.41) is 15.9. The van der Waals surface area contributed by atoms with Crippen molar-refractivity contribution in [2.45, 2.75) is 39.3 Å². The molecule has 2 atom stereocenters. The third kappa shape index (κ3) is 5.74. The number of nitroso groups, excluding NO2 is 1. The van der Waals surface area contributed by atoms with E-state index in [9.17, 15) is 19.8 Å². The molecule has 0 saturated heterocycles. The molecule has 0 radical (unpaired) electrons. The van der Waals surface area contributed by atoms with Gasteiger partial charge in [-0.2, -0.15) is 4.91 Å². The topological polar surface area (TPSA) is 102 Å². The summed E-state index contributed by atoms with van der Waals surface area (Å²) < 4.78 is 0. The van der Waals surface area contributed by atoms with Gasteiger partial charge in [0, 0.05) is 30.9 Å². The first-order valence-electron chi connectivity index (χ1n) is 5.33. The molecular formula is C10H17N3O4. The first-order chi connectivity index (χ1) is 7.92. The first kappa shape index (κ1) is 15.2. The fraction of sp³-hybridized carbons (Fsp3) is 0.700. The lowest BCUT2D eigenvalue weighted by molar-refractivity contribution is -0.508. The Balaban J connectivity index is 4.70. The first-order valence-corrected chi connectivity index (χ1v) is 5.33. The summed E-state index contributed by atoms with van der Waals surface area (Å²) in [7, 11) is 0. The van der Waals surface area contributed by atoms with E-state index in [4.69, 9.17) is 0 Å². The highest BCUT2D eigenvalue weighted by Gasteiger charge is 2.19. The summed E-state index contributed by atoms with van der Waals surface area (Å²) in [5.41, 5.74) is 0.532. The van der Waals surface area contributed by atoms with Crippen LogP contribution in [0, 0.1) is 15.0 Å². The van der Waals surface area contributed by atoms with Crippen LogP contribution < -0.4 is 5.32 Å². The second-order valence-corrected chi connectivity index (χ2v) is 3.67. The normalized spacial score (nSPS) is 14.9. The minimum atomic E-state index is -0.846. The predicted octanol–water partition coefficient (Wildman–Crippen LogP) is 1.26. The Morgan fingerprint density at radius 3 is 2.53 bits per heavy atom. The Bertz CT molecular complexity index is 328. The number of nitro groups is 1. The van der Waals surface area contributed by atoms with Crippen molar-refractivity contribution < 1.29 is 9.72 Å². The van der Waals surface area contributed by atoms with Gasteiger partial charge in [0.1, 0.15) is 6.04 Å². The molecule has 0 aromatic carbocycles. The molecule has 17 heavy (non-hydrogen) atoms. The van der Waals surface area contributed by atoms with Gasteiger partial charge in [-0.1, -0.05) is 12.1 Å². The van der Waals surface area contributed by atoms with E-state index in [0.29, 0.717) is 12.0 Å². The molecule has 1 N–H and O–H groups in total. The molecule has 96 valence electrons. The van der Waals surface area contributed by atoms with Crippen LogP contribution in [0.2, 0.25) is 0 Å². The van der Waals surface area contributed by atoms with Crippen LogP contribution in [0.15, 0.2) is 16.8 Å². The van der Waals surface area contributed by atoms with Gasteiger partial charge in [-0.25, -0.2) is 0 Å². The minimum Gasteiger partial charge on any atom is -0.354 e. The highest BCUT2D eigenvalue weighted by molar-refractivity contribution is 5.72. The zero-order valence-corrected chi connectivity index (χ0v) is 10.2. The monoisotopic (exact) mass is 243 g/mol. The molecule has 0 heterocycles. The van der Waals surface area contributed by atoms with E-state index < -0.39 is 17.0 Å². The standard InChI is InChI=1S/C10H17N3O4/c1-4-9(7(2)13(16)17)5-10(12-15)6-11-8(3)14/h5,7,10H,4,6H2,1-3H3,(H,11,14). The van der Waals surface area contributed by atoms with Crippen molar-refractivity contribution in [3.63, 3.8) is 0 Å². The van der Waals surface area contributed by atoms with Crippen molar-refractivity contribution in [1.82, 2.24) is 5.32 Å². The van der Waals surface area contributed by atoms with Crippen molar-refractivity contribution in [1.29, 1.82) is 0 Å². The summed E-state index contributed by atoms with van der Waals surface area (Å²) in [6, 6.07) is -1.61. The van der Waals surface area contributed by atoms with Crippen LogP contribution in [0.25, 0.3) is 0 Å². The second kappa shape index (κ2) is 7.48. The third-order valence-electron chi connectivity index (χ3n) is 2.36. The maximum Gasteiger partial charge on any atom is 0.231 e. The van der Waals surface area contributed by atoms with Crippen LogP contribution in [0.1, 0.15) is 27.2 Å². The average molecular weight is 243 g/mol. The van der Waals surface area contributed by atoms with Gasteiger partial charge in [-0.3, -0.25) is 14.9 Å². The molecule has 0 fully saturated rings. The molecule has 0 aliphatic carbocycles. The molecule has 0 spiro atoms. The molecule has 1 amide bonds. The summed E-state index contributed by atoms with van der Waals surface area (Å²) in [6.07, 6.45) is 1.92. The lowest BCUT2D eigenvalue weighted by Crippen LogP contribution is -2.29. The van der Waals surface area contributed by atoms with Crippen molar-refractivity contribution in [3.05, 3.63) is 26.7 Å². The van der Waals surface area contributed by atoms with Crippen LogP contribution in [0.5, 0.6) is 0 Å². The number of rotatable bonds is 7. The van der Waals surface area contributed by atoms with Crippen molar-refractivity contribution in [2.24, 2.45) is 5.18 Å². The Morgan fingerprint density at radius 2 is 2.18 bits per heavy atom. The van der Waals surface area contributed by atoms with E-state index in [0.717, 1.165) is 0 Å². The molecule has 0 aliphatic heterocycles. The Hall–Kier alpha value is -1.79. The van der Waals surface area contributed by atoms with E-state index in [1.807, 2.05) is 0 Å². The fourth-order valence-electron chi connectivity index (χ4n) is 1.31. The average Bonchev–Trinajstić information content (AvgIpc) is 2.28. The van der Waals surface area contributed by atoms with Gasteiger partial charge in [0.15, 0.2) is 0 Å². The fourth-order valence-corrected chi connectivity index (χ4v) is 1.31. The van der Waals surface area contributed by atoms with Crippen molar-refractivity contribution in [2.75, 3.05) is 6.54 Å². The van der Waals surface area contributed by atoms with Crippen LogP contribution in [0.4, 0.5) is 0 Å². The second-order valence-electron chi connectivity index (χ2n) is 3.67. The zero-order chi connectivity index (χ0) is 13.4. The van der Waals surface area contributed by atoms with Crippen LogP contribution >= 0.6 is 0 Å². The molecule has 7 nitrogen and oxygen atoms in total. The predicted molar refractivity (Wildman–Crippen MR) is 63.1 cm³/mol.